The summed E-state index contributed by atoms with van der Waals surface area (Å²) >= 11 is 6.29. The molecule has 0 bridgehead atoms. The Morgan fingerprint density at radius 3 is 2.26 bits per heavy atom. The van der Waals surface area contributed by atoms with Gasteiger partial charge in [-0.05, 0) is 43.4 Å². The molecule has 0 aromatic heterocycles. The summed E-state index contributed by atoms with van der Waals surface area (Å²) in [6.45, 7) is 10.00. The second-order valence-electron chi connectivity index (χ2n) is 6.65. The SMILES string of the molecule is CCCC(CCC)N(C(=O)CC(C)C)c1cc(C)c(F)cc1Cl. The molecule has 0 fully saturated rings. The van der Waals surface area contributed by atoms with Crippen molar-refractivity contribution < 1.29 is 9.18 Å². The van der Waals surface area contributed by atoms with Crippen molar-refractivity contribution in [2.75, 3.05) is 4.90 Å². The molecular weight excluding hydrogens is 313 g/mol. The number of rotatable bonds is 8. The number of amides is 1. The summed E-state index contributed by atoms with van der Waals surface area (Å²) in [5, 5.41) is 0.308. The van der Waals surface area contributed by atoms with Crippen molar-refractivity contribution in [2.24, 2.45) is 5.92 Å². The maximum atomic E-state index is 13.7. The number of aryl methyl sites for hydroxylation is 1. The molecule has 1 rings (SSSR count). The van der Waals surface area contributed by atoms with Crippen molar-refractivity contribution in [1.29, 1.82) is 0 Å². The first-order chi connectivity index (χ1) is 10.8. The number of anilines is 1. The van der Waals surface area contributed by atoms with E-state index in [1.54, 1.807) is 13.0 Å². The first-order valence-corrected chi connectivity index (χ1v) is 8.97. The van der Waals surface area contributed by atoms with Crippen LogP contribution < -0.4 is 4.90 Å². The van der Waals surface area contributed by atoms with Crippen molar-refractivity contribution in [3.63, 3.8) is 0 Å². The number of hydrogen-bond acceptors (Lipinski definition) is 1. The molecule has 2 nitrogen and oxygen atoms in total. The van der Waals surface area contributed by atoms with E-state index in [1.165, 1.54) is 6.07 Å². The monoisotopic (exact) mass is 341 g/mol. The summed E-state index contributed by atoms with van der Waals surface area (Å²) in [5.41, 5.74) is 1.15. The molecule has 0 heterocycles. The highest BCUT2D eigenvalue weighted by molar-refractivity contribution is 6.33. The van der Waals surface area contributed by atoms with Gasteiger partial charge in [0.15, 0.2) is 0 Å². The van der Waals surface area contributed by atoms with Crippen LogP contribution in [-0.2, 0) is 4.79 Å². The summed E-state index contributed by atoms with van der Waals surface area (Å²) in [7, 11) is 0. The third-order valence-electron chi connectivity index (χ3n) is 3.95. The topological polar surface area (TPSA) is 20.3 Å². The highest BCUT2D eigenvalue weighted by atomic mass is 35.5. The van der Waals surface area contributed by atoms with E-state index in [1.807, 2.05) is 18.7 Å². The fourth-order valence-corrected chi connectivity index (χ4v) is 3.12. The fraction of sp³-hybridized carbons (Fsp3) is 0.632. The quantitative estimate of drug-likeness (QED) is 0.556. The maximum absolute atomic E-state index is 13.7. The minimum Gasteiger partial charge on any atom is -0.308 e. The molecule has 0 unspecified atom stereocenters. The van der Waals surface area contributed by atoms with Crippen LogP contribution in [0.5, 0.6) is 0 Å². The van der Waals surface area contributed by atoms with Crippen molar-refractivity contribution in [3.8, 4) is 0 Å². The number of benzene rings is 1. The largest absolute Gasteiger partial charge is 0.308 e. The van der Waals surface area contributed by atoms with Crippen molar-refractivity contribution in [2.45, 2.75) is 72.8 Å². The van der Waals surface area contributed by atoms with Crippen LogP contribution in [0, 0.1) is 18.7 Å². The molecule has 0 aliphatic rings. The van der Waals surface area contributed by atoms with Crippen LogP contribution in [0.25, 0.3) is 0 Å². The number of carbonyl (C=O) groups excluding carboxylic acids is 1. The van der Waals surface area contributed by atoms with Gasteiger partial charge in [0.1, 0.15) is 5.82 Å². The highest BCUT2D eigenvalue weighted by Crippen LogP contribution is 2.33. The van der Waals surface area contributed by atoms with Gasteiger partial charge in [-0.3, -0.25) is 4.79 Å². The lowest BCUT2D eigenvalue weighted by molar-refractivity contribution is -0.119. The Hall–Kier alpha value is -1.09. The number of halogens is 2. The number of nitrogens with zero attached hydrogens (tertiary/aromatic N) is 1. The Kier molecular flexibility index (Phi) is 8.04. The minimum atomic E-state index is -0.336. The molecule has 0 saturated carbocycles. The molecule has 0 radical (unpaired) electrons. The van der Waals surface area contributed by atoms with Crippen LogP contribution in [0.4, 0.5) is 10.1 Å². The molecule has 0 aliphatic carbocycles. The predicted octanol–water partition coefficient (Wildman–Crippen LogP) is 6.14. The second-order valence-corrected chi connectivity index (χ2v) is 7.05. The Balaban J connectivity index is 3.32. The molecule has 1 amide bonds. The molecule has 0 spiro atoms. The predicted molar refractivity (Wildman–Crippen MR) is 96.7 cm³/mol. The highest BCUT2D eigenvalue weighted by Gasteiger charge is 2.27. The third kappa shape index (κ3) is 5.49. The lowest BCUT2D eigenvalue weighted by Gasteiger charge is -2.33. The average molecular weight is 342 g/mol. The summed E-state index contributed by atoms with van der Waals surface area (Å²) < 4.78 is 13.7. The average Bonchev–Trinajstić information content (AvgIpc) is 2.44. The molecule has 0 aliphatic heterocycles. The van der Waals surface area contributed by atoms with Gasteiger partial charge in [0.05, 0.1) is 10.7 Å². The van der Waals surface area contributed by atoms with Crippen LogP contribution in [0.3, 0.4) is 0 Å². The summed E-state index contributed by atoms with van der Waals surface area (Å²) in [4.78, 5) is 14.7. The molecule has 4 heteroatoms. The van der Waals surface area contributed by atoms with E-state index in [0.717, 1.165) is 25.7 Å². The molecule has 1 aromatic rings. The molecule has 0 N–H and O–H groups in total. The van der Waals surface area contributed by atoms with Crippen molar-refractivity contribution >= 4 is 23.2 Å². The summed E-state index contributed by atoms with van der Waals surface area (Å²) in [5.74, 6) is 0.00609. The van der Waals surface area contributed by atoms with Crippen LogP contribution in [0.2, 0.25) is 5.02 Å². The molecular formula is C19H29ClFNO. The summed E-state index contributed by atoms with van der Waals surface area (Å²) in [6, 6.07) is 3.13. The molecule has 130 valence electrons. The van der Waals surface area contributed by atoms with Gasteiger partial charge in [-0.1, -0.05) is 52.1 Å². The third-order valence-corrected chi connectivity index (χ3v) is 4.25. The van der Waals surface area contributed by atoms with Crippen LogP contribution in [0.15, 0.2) is 12.1 Å². The van der Waals surface area contributed by atoms with Gasteiger partial charge >= 0.3 is 0 Å². The summed E-state index contributed by atoms with van der Waals surface area (Å²) in [6.07, 6.45) is 4.30. The van der Waals surface area contributed by atoms with Crippen LogP contribution in [-0.4, -0.2) is 11.9 Å². The smallest absolute Gasteiger partial charge is 0.227 e. The van der Waals surface area contributed by atoms with Crippen LogP contribution in [0.1, 0.15) is 65.4 Å². The zero-order chi connectivity index (χ0) is 17.6. The van der Waals surface area contributed by atoms with E-state index in [4.69, 9.17) is 11.6 Å². The van der Waals surface area contributed by atoms with Crippen molar-refractivity contribution in [3.05, 3.63) is 28.5 Å². The molecule has 0 saturated heterocycles. The normalized spacial score (nSPS) is 11.3. The zero-order valence-electron chi connectivity index (χ0n) is 15.0. The number of carbonyl (C=O) groups is 1. The van der Waals surface area contributed by atoms with E-state index in [-0.39, 0.29) is 23.7 Å². The van der Waals surface area contributed by atoms with E-state index in [2.05, 4.69) is 13.8 Å². The molecule has 0 atom stereocenters. The zero-order valence-corrected chi connectivity index (χ0v) is 15.7. The van der Waals surface area contributed by atoms with Crippen LogP contribution >= 0.6 is 11.6 Å². The maximum Gasteiger partial charge on any atom is 0.227 e. The van der Waals surface area contributed by atoms with Gasteiger partial charge < -0.3 is 4.90 Å². The van der Waals surface area contributed by atoms with Gasteiger partial charge in [-0.15, -0.1) is 0 Å². The van der Waals surface area contributed by atoms with E-state index < -0.39 is 0 Å². The Labute approximate surface area is 145 Å². The molecule has 23 heavy (non-hydrogen) atoms. The standard InChI is InChI=1S/C19H29ClFNO/c1-6-8-15(9-7-2)22(19(23)10-13(3)4)18-11-14(5)17(21)12-16(18)20/h11-13,15H,6-10H2,1-5H3. The Morgan fingerprint density at radius 2 is 1.78 bits per heavy atom. The van der Waals surface area contributed by atoms with E-state index in [9.17, 15) is 9.18 Å². The lowest BCUT2D eigenvalue weighted by Crippen LogP contribution is -2.41. The molecule has 1 aromatic carbocycles. The van der Waals surface area contributed by atoms with Gasteiger partial charge in [0.2, 0.25) is 5.91 Å². The Bertz CT molecular complexity index is 524. The van der Waals surface area contributed by atoms with Crippen molar-refractivity contribution in [1.82, 2.24) is 0 Å². The van der Waals surface area contributed by atoms with Gasteiger partial charge in [0.25, 0.3) is 0 Å². The number of hydrogen-bond donors (Lipinski definition) is 0. The fourth-order valence-electron chi connectivity index (χ4n) is 2.88. The Morgan fingerprint density at radius 1 is 1.22 bits per heavy atom. The van der Waals surface area contributed by atoms with Gasteiger partial charge in [-0.2, -0.15) is 0 Å². The lowest BCUT2D eigenvalue weighted by atomic mass is 10.0. The second kappa shape index (κ2) is 9.27. The first-order valence-electron chi connectivity index (χ1n) is 8.59. The first kappa shape index (κ1) is 20.0. The van der Waals surface area contributed by atoms with E-state index in [0.29, 0.717) is 22.7 Å². The van der Waals surface area contributed by atoms with Gasteiger partial charge in [0, 0.05) is 12.5 Å². The van der Waals surface area contributed by atoms with E-state index >= 15 is 0 Å². The van der Waals surface area contributed by atoms with Gasteiger partial charge in [-0.25, -0.2) is 4.39 Å². The minimum absolute atomic E-state index is 0.0693.